The molecule has 0 bridgehead atoms. The molecule has 0 unspecified atom stereocenters. The van der Waals surface area contributed by atoms with Crippen molar-refractivity contribution in [3.8, 4) is 0 Å². The number of amides is 1. The first kappa shape index (κ1) is 11.1. The molecule has 0 aliphatic carbocycles. The fourth-order valence-corrected chi connectivity index (χ4v) is 1.09. The lowest BCUT2D eigenvalue weighted by Crippen LogP contribution is -2.41. The highest BCUT2D eigenvalue weighted by atomic mass is 16.4. The molecule has 1 atom stereocenters. The monoisotopic (exact) mass is 209 g/mol. The largest absolute Gasteiger partial charge is 0.480 e. The van der Waals surface area contributed by atoms with Crippen LogP contribution >= 0.6 is 0 Å². The van der Waals surface area contributed by atoms with Gasteiger partial charge in [0.15, 0.2) is 0 Å². The predicted octanol–water partition coefficient (Wildman–Crippen LogP) is -0.392. The van der Waals surface area contributed by atoms with Crippen molar-refractivity contribution in [2.24, 2.45) is 0 Å². The van der Waals surface area contributed by atoms with E-state index >= 15 is 0 Å². The zero-order valence-electron chi connectivity index (χ0n) is 8.17. The van der Waals surface area contributed by atoms with E-state index in [4.69, 9.17) is 5.11 Å². The number of aliphatic carboxylic acids is 1. The van der Waals surface area contributed by atoms with Crippen LogP contribution in [0.1, 0.15) is 12.6 Å². The van der Waals surface area contributed by atoms with E-state index < -0.39 is 12.0 Å². The molecule has 0 aliphatic rings. The Morgan fingerprint density at radius 2 is 2.27 bits per heavy atom. The van der Waals surface area contributed by atoms with Crippen molar-refractivity contribution in [3.63, 3.8) is 0 Å². The van der Waals surface area contributed by atoms with E-state index in [1.807, 2.05) is 0 Å². The van der Waals surface area contributed by atoms with Gasteiger partial charge in [-0.15, -0.1) is 0 Å². The minimum atomic E-state index is -1.09. The molecule has 6 heteroatoms. The Labute approximate surface area is 86.4 Å². The van der Waals surface area contributed by atoms with Crippen LogP contribution in [0, 0.1) is 0 Å². The molecular weight excluding hydrogens is 198 g/mol. The number of carboxylic acid groups (broad SMARTS) is 1. The highest BCUT2D eigenvalue weighted by molar-refractivity contribution is 5.82. The van der Waals surface area contributed by atoms with E-state index in [9.17, 15) is 9.59 Å². The molecule has 0 radical (unpaired) electrons. The predicted molar refractivity (Wildman–Crippen MR) is 51.0 cm³/mol. The summed E-state index contributed by atoms with van der Waals surface area (Å²) in [6.07, 6.45) is 4.57. The van der Waals surface area contributed by atoms with Crippen LogP contribution < -0.4 is 5.32 Å². The Hall–Kier alpha value is -1.98. The fourth-order valence-electron chi connectivity index (χ4n) is 1.09. The number of carboxylic acids is 1. The third kappa shape index (κ3) is 3.72. The lowest BCUT2D eigenvalue weighted by atomic mass is 10.1. The average molecular weight is 209 g/mol. The van der Waals surface area contributed by atoms with Gasteiger partial charge in [0, 0.05) is 31.9 Å². The molecule has 80 valence electrons. The number of hydrogen-bond donors (Lipinski definition) is 2. The number of carbonyl (C=O) groups excluding carboxylic acids is 1. The first-order chi connectivity index (χ1) is 7.09. The van der Waals surface area contributed by atoms with Crippen LogP contribution in [0.15, 0.2) is 18.6 Å². The van der Waals surface area contributed by atoms with Gasteiger partial charge in [0.1, 0.15) is 6.04 Å². The zero-order chi connectivity index (χ0) is 11.3. The first-order valence-electron chi connectivity index (χ1n) is 4.34. The number of nitrogens with zero attached hydrogens (tertiary/aromatic N) is 2. The van der Waals surface area contributed by atoms with Gasteiger partial charge in [-0.2, -0.15) is 0 Å². The van der Waals surface area contributed by atoms with Gasteiger partial charge in [0.05, 0.1) is 5.69 Å². The Morgan fingerprint density at radius 3 is 2.73 bits per heavy atom. The molecule has 0 spiro atoms. The lowest BCUT2D eigenvalue weighted by molar-refractivity contribution is -0.141. The van der Waals surface area contributed by atoms with Crippen molar-refractivity contribution in [2.45, 2.75) is 19.4 Å². The topological polar surface area (TPSA) is 92.2 Å². The second-order valence-corrected chi connectivity index (χ2v) is 2.99. The Balaban J connectivity index is 2.67. The number of hydrogen-bond acceptors (Lipinski definition) is 4. The van der Waals surface area contributed by atoms with E-state index in [2.05, 4.69) is 15.3 Å². The molecule has 0 fully saturated rings. The summed E-state index contributed by atoms with van der Waals surface area (Å²) < 4.78 is 0. The van der Waals surface area contributed by atoms with Crippen molar-refractivity contribution in [2.75, 3.05) is 0 Å². The normalized spacial score (nSPS) is 11.8. The van der Waals surface area contributed by atoms with E-state index in [0.717, 1.165) is 0 Å². The fraction of sp³-hybridized carbons (Fsp3) is 0.333. The maximum Gasteiger partial charge on any atom is 0.326 e. The molecule has 6 nitrogen and oxygen atoms in total. The van der Waals surface area contributed by atoms with E-state index in [0.29, 0.717) is 5.69 Å². The van der Waals surface area contributed by atoms with Crippen molar-refractivity contribution in [1.29, 1.82) is 0 Å². The Morgan fingerprint density at radius 1 is 1.53 bits per heavy atom. The summed E-state index contributed by atoms with van der Waals surface area (Å²) in [4.78, 5) is 29.3. The van der Waals surface area contributed by atoms with Gasteiger partial charge >= 0.3 is 5.97 Å². The standard InChI is InChI=1S/C9H11N3O3/c1-6(13)12-8(9(14)15)4-7-5-10-2-3-11-7/h2-3,5,8H,4H2,1H3,(H,12,13)(H,14,15)/t8-/m0/s1. The van der Waals surface area contributed by atoms with Crippen LogP contribution in [0.2, 0.25) is 0 Å². The lowest BCUT2D eigenvalue weighted by Gasteiger charge is -2.11. The quantitative estimate of drug-likeness (QED) is 0.704. The molecule has 1 amide bonds. The van der Waals surface area contributed by atoms with Crippen LogP contribution in [0.25, 0.3) is 0 Å². The maximum atomic E-state index is 10.8. The van der Waals surface area contributed by atoms with Crippen molar-refractivity contribution in [3.05, 3.63) is 24.3 Å². The zero-order valence-corrected chi connectivity index (χ0v) is 8.17. The van der Waals surface area contributed by atoms with Crippen molar-refractivity contribution < 1.29 is 14.7 Å². The summed E-state index contributed by atoms with van der Waals surface area (Å²) in [7, 11) is 0. The van der Waals surface area contributed by atoms with E-state index in [1.54, 1.807) is 0 Å². The molecule has 0 aromatic carbocycles. The molecule has 15 heavy (non-hydrogen) atoms. The minimum absolute atomic E-state index is 0.128. The summed E-state index contributed by atoms with van der Waals surface area (Å²) in [6.45, 7) is 1.27. The van der Waals surface area contributed by atoms with Gasteiger partial charge in [0.2, 0.25) is 5.91 Å². The van der Waals surface area contributed by atoms with Crippen molar-refractivity contribution >= 4 is 11.9 Å². The number of carbonyl (C=O) groups is 2. The Bertz CT molecular complexity index is 353. The average Bonchev–Trinajstić information content (AvgIpc) is 2.17. The first-order valence-corrected chi connectivity index (χ1v) is 4.34. The van der Waals surface area contributed by atoms with Gasteiger partial charge in [0.25, 0.3) is 0 Å². The van der Waals surface area contributed by atoms with Gasteiger partial charge in [-0.05, 0) is 0 Å². The highest BCUT2D eigenvalue weighted by Crippen LogP contribution is 1.98. The second kappa shape index (κ2) is 5.04. The summed E-state index contributed by atoms with van der Waals surface area (Å²) in [6, 6.07) is -0.959. The third-order valence-electron chi connectivity index (χ3n) is 1.71. The second-order valence-electron chi connectivity index (χ2n) is 2.99. The molecule has 1 aromatic rings. The summed E-state index contributed by atoms with van der Waals surface area (Å²) in [5.41, 5.74) is 0.527. The summed E-state index contributed by atoms with van der Waals surface area (Å²) in [5.74, 6) is -1.47. The number of aromatic nitrogens is 2. The molecule has 1 aromatic heterocycles. The van der Waals surface area contributed by atoms with Gasteiger partial charge in [-0.1, -0.05) is 0 Å². The third-order valence-corrected chi connectivity index (χ3v) is 1.71. The molecule has 1 rings (SSSR count). The summed E-state index contributed by atoms with van der Waals surface area (Å²) in [5, 5.41) is 11.1. The summed E-state index contributed by atoms with van der Waals surface area (Å²) >= 11 is 0. The number of rotatable bonds is 4. The molecular formula is C9H11N3O3. The SMILES string of the molecule is CC(=O)N[C@@H](Cc1cnccn1)C(=O)O. The number of nitrogens with one attached hydrogen (secondary N) is 1. The van der Waals surface area contributed by atoms with Crippen LogP contribution in [-0.2, 0) is 16.0 Å². The van der Waals surface area contributed by atoms with Gasteiger partial charge in [-0.3, -0.25) is 14.8 Å². The molecule has 0 aliphatic heterocycles. The highest BCUT2D eigenvalue weighted by Gasteiger charge is 2.19. The van der Waals surface area contributed by atoms with Crippen LogP contribution in [0.5, 0.6) is 0 Å². The van der Waals surface area contributed by atoms with Crippen LogP contribution in [0.3, 0.4) is 0 Å². The maximum absolute atomic E-state index is 10.8. The molecule has 0 saturated heterocycles. The minimum Gasteiger partial charge on any atom is -0.480 e. The molecule has 0 saturated carbocycles. The van der Waals surface area contributed by atoms with Crippen molar-refractivity contribution in [1.82, 2.24) is 15.3 Å². The van der Waals surface area contributed by atoms with Gasteiger partial charge in [-0.25, -0.2) is 4.79 Å². The Kier molecular flexibility index (Phi) is 3.73. The van der Waals surface area contributed by atoms with E-state index in [1.165, 1.54) is 25.5 Å². The van der Waals surface area contributed by atoms with Crippen LogP contribution in [-0.4, -0.2) is 33.0 Å². The smallest absolute Gasteiger partial charge is 0.326 e. The van der Waals surface area contributed by atoms with Crippen LogP contribution in [0.4, 0.5) is 0 Å². The molecule has 2 N–H and O–H groups in total. The van der Waals surface area contributed by atoms with Gasteiger partial charge < -0.3 is 10.4 Å². The molecule has 1 heterocycles. The van der Waals surface area contributed by atoms with E-state index in [-0.39, 0.29) is 12.3 Å².